The molecule has 2 fully saturated rings. The molecule has 2 aromatic heterocycles. The van der Waals surface area contributed by atoms with Gasteiger partial charge in [0.1, 0.15) is 0 Å². The standard InChI is InChI=1S/C26H31F3N8O/c1-35-6-8-36(9-7-35)19-3-2-16-10-20(31)24(33-21(16)12-19)25(38)34-22-13-32-5-4-23(22)37-14-17(26(27,28)29)11-18(30)15-37/h2-5,10,12-13,17-18H,6-9,11,14-15,30-31H2,1H3,(H,34,38)/t17-,18?/m1/s1. The first-order valence-electron chi connectivity index (χ1n) is 12.5. The van der Waals surface area contributed by atoms with E-state index in [4.69, 9.17) is 11.5 Å². The van der Waals surface area contributed by atoms with Gasteiger partial charge in [-0.3, -0.25) is 9.78 Å². The molecule has 202 valence electrons. The van der Waals surface area contributed by atoms with Crippen molar-refractivity contribution in [2.75, 3.05) is 67.2 Å². The molecule has 1 aromatic carbocycles. The van der Waals surface area contributed by atoms with Gasteiger partial charge in [-0.05, 0) is 37.7 Å². The number of amides is 1. The Balaban J connectivity index is 1.40. The van der Waals surface area contributed by atoms with Gasteiger partial charge in [0.15, 0.2) is 5.69 Å². The minimum Gasteiger partial charge on any atom is -0.397 e. The molecule has 12 heteroatoms. The molecule has 2 aliphatic rings. The third-order valence-corrected chi connectivity index (χ3v) is 7.25. The van der Waals surface area contributed by atoms with E-state index in [0.29, 0.717) is 11.2 Å². The van der Waals surface area contributed by atoms with E-state index < -0.39 is 24.0 Å². The van der Waals surface area contributed by atoms with E-state index in [1.54, 1.807) is 17.0 Å². The third-order valence-electron chi connectivity index (χ3n) is 7.25. The van der Waals surface area contributed by atoms with Crippen LogP contribution in [0.3, 0.4) is 0 Å². The molecular formula is C26H31F3N8O. The Hall–Kier alpha value is -3.64. The highest BCUT2D eigenvalue weighted by Gasteiger charge is 2.44. The number of nitrogens with two attached hydrogens (primary N) is 2. The molecule has 0 aliphatic carbocycles. The lowest BCUT2D eigenvalue weighted by molar-refractivity contribution is -0.177. The summed E-state index contributed by atoms with van der Waals surface area (Å²) in [5, 5.41) is 3.56. The van der Waals surface area contributed by atoms with Crippen molar-refractivity contribution >= 4 is 39.6 Å². The summed E-state index contributed by atoms with van der Waals surface area (Å²) in [6.07, 6.45) is -1.63. The van der Waals surface area contributed by atoms with Crippen LogP contribution in [-0.4, -0.2) is 79.3 Å². The van der Waals surface area contributed by atoms with Crippen LogP contribution in [0.15, 0.2) is 42.7 Å². The predicted molar refractivity (Wildman–Crippen MR) is 142 cm³/mol. The lowest BCUT2D eigenvalue weighted by atomic mass is 9.93. The molecule has 0 spiro atoms. The van der Waals surface area contributed by atoms with Crippen molar-refractivity contribution in [3.63, 3.8) is 0 Å². The number of piperazine rings is 1. The number of nitrogen functional groups attached to an aromatic ring is 1. The van der Waals surface area contributed by atoms with E-state index in [2.05, 4.69) is 32.1 Å². The fraction of sp³-hybridized carbons (Fsp3) is 0.423. The van der Waals surface area contributed by atoms with Crippen molar-refractivity contribution in [3.05, 3.63) is 48.4 Å². The summed E-state index contributed by atoms with van der Waals surface area (Å²) >= 11 is 0. The quantitative estimate of drug-likeness (QED) is 0.474. The average molecular weight is 529 g/mol. The molecule has 0 radical (unpaired) electrons. The second-order valence-electron chi connectivity index (χ2n) is 10.1. The zero-order chi connectivity index (χ0) is 27.0. The molecule has 9 nitrogen and oxygen atoms in total. The number of carbonyl (C=O) groups is 1. The van der Waals surface area contributed by atoms with Gasteiger partial charge in [-0.2, -0.15) is 13.2 Å². The van der Waals surface area contributed by atoms with Crippen LogP contribution in [0.1, 0.15) is 16.9 Å². The second-order valence-corrected chi connectivity index (χ2v) is 10.1. The summed E-state index contributed by atoms with van der Waals surface area (Å²) in [7, 11) is 2.09. The molecule has 2 aliphatic heterocycles. The number of hydrogen-bond acceptors (Lipinski definition) is 8. The number of likely N-dealkylation sites (N-methyl/N-ethyl adjacent to an activating group) is 1. The number of piperidine rings is 1. The van der Waals surface area contributed by atoms with Gasteiger partial charge in [0.25, 0.3) is 5.91 Å². The summed E-state index contributed by atoms with van der Waals surface area (Å²) in [5.41, 5.74) is 14.7. The number of nitrogens with one attached hydrogen (secondary N) is 1. The van der Waals surface area contributed by atoms with Crippen LogP contribution in [0.4, 0.5) is 35.9 Å². The van der Waals surface area contributed by atoms with Crippen molar-refractivity contribution in [1.29, 1.82) is 0 Å². The Morgan fingerprint density at radius 1 is 1.08 bits per heavy atom. The van der Waals surface area contributed by atoms with Crippen LogP contribution in [0.25, 0.3) is 10.9 Å². The Labute approximate surface area is 218 Å². The molecule has 1 unspecified atom stereocenters. The number of aromatic nitrogens is 2. The summed E-state index contributed by atoms with van der Waals surface area (Å²) < 4.78 is 40.4. The van der Waals surface area contributed by atoms with Gasteiger partial charge >= 0.3 is 6.18 Å². The first-order chi connectivity index (χ1) is 18.1. The van der Waals surface area contributed by atoms with Crippen molar-refractivity contribution in [3.8, 4) is 0 Å². The van der Waals surface area contributed by atoms with Crippen LogP contribution in [0.2, 0.25) is 0 Å². The fourth-order valence-electron chi connectivity index (χ4n) is 5.13. The molecular weight excluding hydrogens is 497 g/mol. The molecule has 3 aromatic rings. The number of pyridine rings is 2. The minimum atomic E-state index is -4.36. The zero-order valence-corrected chi connectivity index (χ0v) is 21.1. The van der Waals surface area contributed by atoms with Crippen molar-refractivity contribution in [1.82, 2.24) is 14.9 Å². The number of hydrogen-bond donors (Lipinski definition) is 3. The van der Waals surface area contributed by atoms with Crippen LogP contribution in [-0.2, 0) is 0 Å². The number of carbonyl (C=O) groups excluding carboxylic acids is 1. The maximum absolute atomic E-state index is 13.5. The summed E-state index contributed by atoms with van der Waals surface area (Å²) in [6.45, 7) is 3.67. The number of benzene rings is 1. The van der Waals surface area contributed by atoms with Crippen molar-refractivity contribution in [2.24, 2.45) is 11.7 Å². The largest absolute Gasteiger partial charge is 0.397 e. The minimum absolute atomic E-state index is 0.0337. The fourth-order valence-corrected chi connectivity index (χ4v) is 5.13. The number of fused-ring (bicyclic) bond motifs is 1. The first-order valence-corrected chi connectivity index (χ1v) is 12.5. The Morgan fingerprint density at radius 2 is 1.84 bits per heavy atom. The number of rotatable bonds is 4. The Bertz CT molecular complexity index is 1330. The molecule has 0 bridgehead atoms. The van der Waals surface area contributed by atoms with E-state index in [-0.39, 0.29) is 36.6 Å². The van der Waals surface area contributed by atoms with E-state index in [0.717, 1.165) is 37.3 Å². The highest BCUT2D eigenvalue weighted by atomic mass is 19.4. The van der Waals surface area contributed by atoms with Gasteiger partial charge in [-0.15, -0.1) is 0 Å². The smallest absolute Gasteiger partial charge is 0.393 e. The number of halogens is 3. The monoisotopic (exact) mass is 528 g/mol. The maximum Gasteiger partial charge on any atom is 0.393 e. The van der Waals surface area contributed by atoms with E-state index in [1.165, 1.54) is 12.4 Å². The van der Waals surface area contributed by atoms with E-state index in [1.807, 2.05) is 18.2 Å². The summed E-state index contributed by atoms with van der Waals surface area (Å²) in [6, 6.07) is 8.52. The van der Waals surface area contributed by atoms with Gasteiger partial charge in [0.2, 0.25) is 0 Å². The molecule has 5 rings (SSSR count). The normalized spacial score (nSPS) is 21.1. The average Bonchev–Trinajstić information content (AvgIpc) is 2.88. The number of alkyl halides is 3. The van der Waals surface area contributed by atoms with Gasteiger partial charge in [-0.25, -0.2) is 4.98 Å². The second kappa shape index (κ2) is 10.3. The van der Waals surface area contributed by atoms with Crippen LogP contribution >= 0.6 is 0 Å². The van der Waals surface area contributed by atoms with E-state index in [9.17, 15) is 18.0 Å². The highest BCUT2D eigenvalue weighted by molar-refractivity contribution is 6.09. The van der Waals surface area contributed by atoms with Gasteiger partial charge in [0.05, 0.1) is 34.7 Å². The SMILES string of the molecule is CN1CCN(c2ccc3cc(N)c(C(=O)Nc4cnccc4N4CC(N)C[C@@H](C(F)(F)F)C4)nc3c2)CC1. The van der Waals surface area contributed by atoms with Crippen molar-refractivity contribution < 1.29 is 18.0 Å². The van der Waals surface area contributed by atoms with Crippen molar-refractivity contribution in [2.45, 2.75) is 18.6 Å². The zero-order valence-electron chi connectivity index (χ0n) is 21.1. The maximum atomic E-state index is 13.5. The third kappa shape index (κ3) is 5.46. The Kier molecular flexibility index (Phi) is 7.01. The molecule has 5 N–H and O–H groups in total. The molecule has 0 saturated carbocycles. The lowest BCUT2D eigenvalue weighted by Crippen LogP contribution is -2.51. The van der Waals surface area contributed by atoms with Gasteiger partial charge < -0.3 is 31.5 Å². The topological polar surface area (TPSA) is 117 Å². The van der Waals surface area contributed by atoms with Crippen LogP contribution in [0.5, 0.6) is 0 Å². The Morgan fingerprint density at radius 3 is 2.58 bits per heavy atom. The summed E-state index contributed by atoms with van der Waals surface area (Å²) in [4.78, 5) is 28.0. The molecule has 38 heavy (non-hydrogen) atoms. The van der Waals surface area contributed by atoms with Gasteiger partial charge in [0, 0.05) is 62.6 Å². The molecule has 4 heterocycles. The number of anilines is 4. The first kappa shape index (κ1) is 26.0. The molecule has 2 atom stereocenters. The van der Waals surface area contributed by atoms with Crippen LogP contribution < -0.4 is 26.6 Å². The molecule has 2 saturated heterocycles. The van der Waals surface area contributed by atoms with Gasteiger partial charge in [-0.1, -0.05) is 6.07 Å². The highest BCUT2D eigenvalue weighted by Crippen LogP contribution is 2.36. The predicted octanol–water partition coefficient (Wildman–Crippen LogP) is 2.93. The summed E-state index contributed by atoms with van der Waals surface area (Å²) in [5.74, 6) is -2.13. The van der Waals surface area contributed by atoms with Crippen LogP contribution in [0, 0.1) is 5.92 Å². The van der Waals surface area contributed by atoms with E-state index >= 15 is 0 Å². The number of nitrogens with zero attached hydrogens (tertiary/aromatic N) is 5. The lowest BCUT2D eigenvalue weighted by Gasteiger charge is -2.39. The molecule has 1 amide bonds.